The molecule has 3 aromatic carbocycles. The summed E-state index contributed by atoms with van der Waals surface area (Å²) in [6.07, 6.45) is 1.10. The number of nitrogens with zero attached hydrogens (tertiary/aromatic N) is 1. The zero-order valence-electron chi connectivity index (χ0n) is 20.4. The van der Waals surface area contributed by atoms with E-state index in [2.05, 4.69) is 10.6 Å². The van der Waals surface area contributed by atoms with Crippen molar-refractivity contribution in [2.24, 2.45) is 0 Å². The van der Waals surface area contributed by atoms with E-state index in [9.17, 15) is 18.8 Å². The monoisotopic (exact) mass is 503 g/mol. The highest BCUT2D eigenvalue weighted by Crippen LogP contribution is 2.14. The number of likely N-dealkylation sites (tertiary alicyclic amines) is 1. The van der Waals surface area contributed by atoms with Crippen LogP contribution in [-0.2, 0) is 22.6 Å². The van der Waals surface area contributed by atoms with E-state index >= 15 is 0 Å². The number of nitrogens with one attached hydrogen (secondary N) is 2. The average molecular weight is 504 g/mol. The highest BCUT2D eigenvalue weighted by molar-refractivity contribution is 5.97. The fourth-order valence-corrected chi connectivity index (χ4v) is 4.22. The van der Waals surface area contributed by atoms with Gasteiger partial charge >= 0.3 is 6.09 Å². The maximum atomic E-state index is 13.3. The molecule has 4 rings (SSSR count). The summed E-state index contributed by atoms with van der Waals surface area (Å²) in [4.78, 5) is 40.1. The Kier molecular flexibility index (Phi) is 8.86. The Morgan fingerprint density at radius 2 is 1.46 bits per heavy atom. The van der Waals surface area contributed by atoms with Gasteiger partial charge in [0.05, 0.1) is 0 Å². The van der Waals surface area contributed by atoms with Crippen molar-refractivity contribution >= 4 is 17.9 Å². The van der Waals surface area contributed by atoms with Crippen molar-refractivity contribution in [2.45, 2.75) is 38.0 Å². The SMILES string of the molecule is O=C(N[C@@H](Cc1ccccc1)C(=O)NC1CCN(C(=O)OCc2ccccc2)CC1)c1ccc(F)cc1. The van der Waals surface area contributed by atoms with Crippen molar-refractivity contribution in [3.63, 3.8) is 0 Å². The topological polar surface area (TPSA) is 87.7 Å². The predicted molar refractivity (Wildman–Crippen MR) is 137 cm³/mol. The van der Waals surface area contributed by atoms with Crippen LogP contribution in [0, 0.1) is 5.82 Å². The molecule has 1 saturated heterocycles. The number of amides is 3. The van der Waals surface area contributed by atoms with Gasteiger partial charge in [-0.1, -0.05) is 60.7 Å². The van der Waals surface area contributed by atoms with Gasteiger partial charge in [-0.2, -0.15) is 0 Å². The van der Waals surface area contributed by atoms with Gasteiger partial charge in [-0.25, -0.2) is 9.18 Å². The van der Waals surface area contributed by atoms with Gasteiger partial charge < -0.3 is 20.3 Å². The Labute approximate surface area is 215 Å². The van der Waals surface area contributed by atoms with Gasteiger partial charge in [-0.05, 0) is 48.2 Å². The summed E-state index contributed by atoms with van der Waals surface area (Å²) in [7, 11) is 0. The lowest BCUT2D eigenvalue weighted by Gasteiger charge is -2.32. The number of carbonyl (C=O) groups is 3. The molecular formula is C29H30FN3O4. The van der Waals surface area contributed by atoms with Crippen LogP contribution in [-0.4, -0.2) is 48.0 Å². The zero-order valence-corrected chi connectivity index (χ0v) is 20.4. The molecule has 1 fully saturated rings. The molecule has 1 aliphatic rings. The van der Waals surface area contributed by atoms with Crippen molar-refractivity contribution in [1.82, 2.24) is 15.5 Å². The maximum Gasteiger partial charge on any atom is 0.410 e. The van der Waals surface area contributed by atoms with Gasteiger partial charge in [0.25, 0.3) is 5.91 Å². The summed E-state index contributed by atoms with van der Waals surface area (Å²) in [5, 5.41) is 5.82. The second-order valence-corrected chi connectivity index (χ2v) is 9.03. The molecular weight excluding hydrogens is 473 g/mol. The number of benzene rings is 3. The first-order chi connectivity index (χ1) is 18.0. The Morgan fingerprint density at radius 1 is 0.865 bits per heavy atom. The summed E-state index contributed by atoms with van der Waals surface area (Å²) in [6, 6.07) is 23.1. The maximum absolute atomic E-state index is 13.3. The largest absolute Gasteiger partial charge is 0.445 e. The number of hydrogen-bond acceptors (Lipinski definition) is 4. The molecule has 0 saturated carbocycles. The second-order valence-electron chi connectivity index (χ2n) is 9.03. The third-order valence-electron chi connectivity index (χ3n) is 6.32. The van der Waals surface area contributed by atoms with E-state index in [4.69, 9.17) is 4.74 Å². The minimum Gasteiger partial charge on any atom is -0.445 e. The van der Waals surface area contributed by atoms with E-state index in [0.717, 1.165) is 11.1 Å². The lowest BCUT2D eigenvalue weighted by atomic mass is 10.0. The number of rotatable bonds is 8. The average Bonchev–Trinajstić information content (AvgIpc) is 2.93. The highest BCUT2D eigenvalue weighted by atomic mass is 19.1. The first-order valence-corrected chi connectivity index (χ1v) is 12.3. The Balaban J connectivity index is 1.31. The molecule has 3 aromatic rings. The molecule has 0 spiro atoms. The van der Waals surface area contributed by atoms with Crippen molar-refractivity contribution in [3.05, 3.63) is 107 Å². The van der Waals surface area contributed by atoms with Gasteiger partial charge in [0, 0.05) is 31.1 Å². The summed E-state index contributed by atoms with van der Waals surface area (Å²) in [5.74, 6) is -1.19. The summed E-state index contributed by atoms with van der Waals surface area (Å²) in [6.45, 7) is 1.14. The highest BCUT2D eigenvalue weighted by Gasteiger charge is 2.28. The van der Waals surface area contributed by atoms with E-state index in [1.54, 1.807) is 4.90 Å². The van der Waals surface area contributed by atoms with Crippen LogP contribution in [0.5, 0.6) is 0 Å². The fourth-order valence-electron chi connectivity index (χ4n) is 4.22. The minimum atomic E-state index is -0.811. The van der Waals surface area contributed by atoms with Crippen LogP contribution in [0.1, 0.15) is 34.3 Å². The molecule has 8 heteroatoms. The third-order valence-corrected chi connectivity index (χ3v) is 6.32. The molecule has 0 aromatic heterocycles. The normalized spacial score (nSPS) is 14.5. The van der Waals surface area contributed by atoms with Crippen molar-refractivity contribution in [2.75, 3.05) is 13.1 Å². The van der Waals surface area contributed by atoms with E-state index in [1.165, 1.54) is 24.3 Å². The van der Waals surface area contributed by atoms with Crippen LogP contribution in [0.4, 0.5) is 9.18 Å². The molecule has 1 heterocycles. The molecule has 3 amide bonds. The van der Waals surface area contributed by atoms with Crippen LogP contribution in [0.25, 0.3) is 0 Å². The molecule has 37 heavy (non-hydrogen) atoms. The number of ether oxygens (including phenoxy) is 1. The van der Waals surface area contributed by atoms with Crippen molar-refractivity contribution < 1.29 is 23.5 Å². The summed E-state index contributed by atoms with van der Waals surface area (Å²) >= 11 is 0. The first kappa shape index (κ1) is 25.9. The molecule has 0 radical (unpaired) electrons. The van der Waals surface area contributed by atoms with Gasteiger partial charge in [0.15, 0.2) is 0 Å². The molecule has 192 valence electrons. The lowest BCUT2D eigenvalue weighted by molar-refractivity contribution is -0.123. The first-order valence-electron chi connectivity index (χ1n) is 12.3. The number of hydrogen-bond donors (Lipinski definition) is 2. The molecule has 7 nitrogen and oxygen atoms in total. The van der Waals surface area contributed by atoms with Crippen LogP contribution in [0.15, 0.2) is 84.9 Å². The van der Waals surface area contributed by atoms with Gasteiger partial charge in [-0.15, -0.1) is 0 Å². The molecule has 0 aliphatic carbocycles. The van der Waals surface area contributed by atoms with E-state index in [-0.39, 0.29) is 30.2 Å². The van der Waals surface area contributed by atoms with Crippen LogP contribution >= 0.6 is 0 Å². The third kappa shape index (κ3) is 7.64. The zero-order chi connectivity index (χ0) is 26.0. The standard InChI is InChI=1S/C29H30FN3O4/c30-24-13-11-23(12-14-24)27(34)32-26(19-21-7-3-1-4-8-21)28(35)31-25-15-17-33(18-16-25)29(36)37-20-22-9-5-2-6-10-22/h1-14,25-26H,15-20H2,(H,31,35)(H,32,34)/t26-/m0/s1. The number of halogens is 1. The smallest absolute Gasteiger partial charge is 0.410 e. The Morgan fingerprint density at radius 3 is 2.08 bits per heavy atom. The molecule has 2 N–H and O–H groups in total. The molecule has 1 atom stereocenters. The molecule has 0 unspecified atom stereocenters. The lowest BCUT2D eigenvalue weighted by Crippen LogP contribution is -2.53. The van der Waals surface area contributed by atoms with Crippen molar-refractivity contribution in [3.8, 4) is 0 Å². The van der Waals surface area contributed by atoms with Crippen LogP contribution in [0.3, 0.4) is 0 Å². The number of carbonyl (C=O) groups excluding carboxylic acids is 3. The minimum absolute atomic E-state index is 0.133. The van der Waals surface area contributed by atoms with Gasteiger partial charge in [0.2, 0.25) is 5.91 Å². The fraction of sp³-hybridized carbons (Fsp3) is 0.276. The summed E-state index contributed by atoms with van der Waals surface area (Å²) < 4.78 is 18.7. The Bertz CT molecular complexity index is 1180. The van der Waals surface area contributed by atoms with Crippen LogP contribution < -0.4 is 10.6 Å². The van der Waals surface area contributed by atoms with E-state index in [0.29, 0.717) is 32.4 Å². The van der Waals surface area contributed by atoms with E-state index < -0.39 is 17.8 Å². The van der Waals surface area contributed by atoms with Crippen molar-refractivity contribution in [1.29, 1.82) is 0 Å². The van der Waals surface area contributed by atoms with E-state index in [1.807, 2.05) is 60.7 Å². The number of piperidine rings is 1. The second kappa shape index (κ2) is 12.7. The summed E-state index contributed by atoms with van der Waals surface area (Å²) in [5.41, 5.74) is 2.10. The Hall–Kier alpha value is -4.20. The van der Waals surface area contributed by atoms with Gasteiger partial charge in [-0.3, -0.25) is 9.59 Å². The van der Waals surface area contributed by atoms with Gasteiger partial charge in [0.1, 0.15) is 18.5 Å². The predicted octanol–water partition coefficient (Wildman–Crippen LogP) is 4.08. The van der Waals surface area contributed by atoms with Crippen LogP contribution in [0.2, 0.25) is 0 Å². The molecule has 0 bridgehead atoms. The molecule has 1 aliphatic heterocycles. The quantitative estimate of drug-likeness (QED) is 0.485.